The van der Waals surface area contributed by atoms with E-state index in [2.05, 4.69) is 27.3 Å². The van der Waals surface area contributed by atoms with Crippen LogP contribution in [0, 0.1) is 11.3 Å². The summed E-state index contributed by atoms with van der Waals surface area (Å²) >= 11 is 10.9. The molecule has 1 aromatic carbocycles. The molecule has 0 aliphatic rings. The summed E-state index contributed by atoms with van der Waals surface area (Å²) in [5.41, 5.74) is 1.70. The first-order valence-electron chi connectivity index (χ1n) is 4.85. The molecule has 5 heteroatoms. The molecule has 2 rings (SSSR count). The van der Waals surface area contributed by atoms with Crippen molar-refractivity contribution in [3.05, 3.63) is 49.6 Å². The molecule has 2 aromatic rings. The zero-order valence-electron chi connectivity index (χ0n) is 8.71. The van der Waals surface area contributed by atoms with Crippen LogP contribution in [0.4, 0.5) is 5.69 Å². The van der Waals surface area contributed by atoms with Gasteiger partial charge in [0.1, 0.15) is 6.07 Å². The molecule has 0 fully saturated rings. The van der Waals surface area contributed by atoms with Crippen molar-refractivity contribution in [1.29, 1.82) is 5.26 Å². The summed E-state index contributed by atoms with van der Waals surface area (Å²) < 4.78 is 0.932. The molecule has 0 aliphatic carbocycles. The SMILES string of the molecule is N#Cc1csc(CNc2ccc(Cl)cc2Br)c1. The summed E-state index contributed by atoms with van der Waals surface area (Å²) in [6.45, 7) is 0.701. The zero-order chi connectivity index (χ0) is 12.3. The Hall–Kier alpha value is -1.02. The van der Waals surface area contributed by atoms with Crippen LogP contribution < -0.4 is 5.32 Å². The van der Waals surface area contributed by atoms with Gasteiger partial charge in [-0.25, -0.2) is 0 Å². The van der Waals surface area contributed by atoms with Crippen molar-refractivity contribution in [2.45, 2.75) is 6.54 Å². The lowest BCUT2D eigenvalue weighted by Gasteiger charge is -2.07. The third-order valence-electron chi connectivity index (χ3n) is 2.17. The molecule has 0 unspecified atom stereocenters. The van der Waals surface area contributed by atoms with E-state index in [1.54, 1.807) is 11.3 Å². The maximum absolute atomic E-state index is 8.72. The maximum Gasteiger partial charge on any atom is 0.100 e. The minimum absolute atomic E-state index is 0.699. The average Bonchev–Trinajstić information content (AvgIpc) is 2.76. The van der Waals surface area contributed by atoms with Gasteiger partial charge in [0.25, 0.3) is 0 Å². The quantitative estimate of drug-likeness (QED) is 0.891. The number of anilines is 1. The third-order valence-corrected chi connectivity index (χ3v) is 3.99. The van der Waals surface area contributed by atoms with Gasteiger partial charge in [0.05, 0.1) is 5.56 Å². The molecule has 86 valence electrons. The topological polar surface area (TPSA) is 35.8 Å². The average molecular weight is 328 g/mol. The summed E-state index contributed by atoms with van der Waals surface area (Å²) in [6, 6.07) is 9.62. The Morgan fingerprint density at radius 1 is 1.41 bits per heavy atom. The number of nitriles is 1. The second kappa shape index (κ2) is 5.54. The van der Waals surface area contributed by atoms with Crippen LogP contribution in [0.3, 0.4) is 0 Å². The third kappa shape index (κ3) is 3.22. The van der Waals surface area contributed by atoms with Gasteiger partial charge < -0.3 is 5.32 Å². The van der Waals surface area contributed by atoms with Crippen molar-refractivity contribution in [2.75, 3.05) is 5.32 Å². The molecule has 0 radical (unpaired) electrons. The molecule has 0 spiro atoms. The Morgan fingerprint density at radius 2 is 2.24 bits per heavy atom. The van der Waals surface area contributed by atoms with Crippen LogP contribution in [-0.4, -0.2) is 0 Å². The van der Waals surface area contributed by atoms with Crippen LogP contribution in [0.1, 0.15) is 10.4 Å². The summed E-state index contributed by atoms with van der Waals surface area (Å²) in [5.74, 6) is 0. The molecule has 1 heterocycles. The van der Waals surface area contributed by atoms with E-state index in [1.807, 2.05) is 29.6 Å². The van der Waals surface area contributed by atoms with E-state index in [0.29, 0.717) is 17.1 Å². The van der Waals surface area contributed by atoms with Crippen molar-refractivity contribution >= 4 is 44.6 Å². The number of nitrogens with zero attached hydrogens (tertiary/aromatic N) is 1. The van der Waals surface area contributed by atoms with Crippen molar-refractivity contribution in [3.63, 3.8) is 0 Å². The fourth-order valence-electron chi connectivity index (χ4n) is 1.35. The second-order valence-electron chi connectivity index (χ2n) is 3.39. The molecule has 1 aromatic heterocycles. The van der Waals surface area contributed by atoms with Gasteiger partial charge in [-0.05, 0) is 40.2 Å². The molecule has 1 N–H and O–H groups in total. The van der Waals surface area contributed by atoms with Gasteiger partial charge in [-0.1, -0.05) is 11.6 Å². The molecule has 0 amide bonds. The highest BCUT2D eigenvalue weighted by Gasteiger charge is 2.02. The summed E-state index contributed by atoms with van der Waals surface area (Å²) in [5, 5.41) is 14.6. The van der Waals surface area contributed by atoms with Crippen LogP contribution in [0.25, 0.3) is 0 Å². The van der Waals surface area contributed by atoms with Crippen molar-refractivity contribution in [3.8, 4) is 6.07 Å². The van der Waals surface area contributed by atoms with E-state index >= 15 is 0 Å². The van der Waals surface area contributed by atoms with Gasteiger partial charge in [0.15, 0.2) is 0 Å². The Labute approximate surface area is 117 Å². The molecule has 0 bridgehead atoms. The molecular formula is C12H8BrClN2S. The van der Waals surface area contributed by atoms with Crippen molar-refractivity contribution in [1.82, 2.24) is 0 Å². The highest BCUT2D eigenvalue weighted by molar-refractivity contribution is 9.10. The van der Waals surface area contributed by atoms with E-state index in [1.165, 1.54) is 0 Å². The van der Waals surface area contributed by atoms with Gasteiger partial charge in [0, 0.05) is 32.0 Å². The molecular weight excluding hydrogens is 320 g/mol. The molecule has 2 nitrogen and oxygen atoms in total. The van der Waals surface area contributed by atoms with Gasteiger partial charge in [0.2, 0.25) is 0 Å². The van der Waals surface area contributed by atoms with E-state index < -0.39 is 0 Å². The van der Waals surface area contributed by atoms with Crippen molar-refractivity contribution in [2.24, 2.45) is 0 Å². The van der Waals surface area contributed by atoms with Gasteiger partial charge >= 0.3 is 0 Å². The zero-order valence-corrected chi connectivity index (χ0v) is 11.9. The minimum atomic E-state index is 0.699. The lowest BCUT2D eigenvalue weighted by Crippen LogP contribution is -1.97. The smallest absolute Gasteiger partial charge is 0.100 e. The monoisotopic (exact) mass is 326 g/mol. The van der Waals surface area contributed by atoms with Crippen LogP contribution in [0.2, 0.25) is 5.02 Å². The number of hydrogen-bond donors (Lipinski definition) is 1. The number of hydrogen-bond acceptors (Lipinski definition) is 3. The molecule has 17 heavy (non-hydrogen) atoms. The second-order valence-corrected chi connectivity index (χ2v) is 5.68. The number of rotatable bonds is 3. The molecule has 0 saturated heterocycles. The van der Waals surface area contributed by atoms with Crippen LogP contribution in [0.5, 0.6) is 0 Å². The first kappa shape index (κ1) is 12.4. The summed E-state index contributed by atoms with van der Waals surface area (Å²) in [7, 11) is 0. The number of halogens is 2. The highest BCUT2D eigenvalue weighted by Crippen LogP contribution is 2.26. The Morgan fingerprint density at radius 3 is 2.88 bits per heavy atom. The lowest BCUT2D eigenvalue weighted by atomic mass is 10.3. The first-order chi connectivity index (χ1) is 8.19. The molecule has 0 aliphatic heterocycles. The highest BCUT2D eigenvalue weighted by atomic mass is 79.9. The number of nitrogens with one attached hydrogen (secondary N) is 1. The Balaban J connectivity index is 2.05. The van der Waals surface area contributed by atoms with E-state index in [-0.39, 0.29) is 0 Å². The maximum atomic E-state index is 8.72. The predicted molar refractivity (Wildman–Crippen MR) is 75.5 cm³/mol. The first-order valence-corrected chi connectivity index (χ1v) is 6.90. The molecule has 0 saturated carbocycles. The standard InChI is InChI=1S/C12H8BrClN2S/c13-11-4-9(14)1-2-12(11)16-6-10-3-8(5-15)7-17-10/h1-4,7,16H,6H2. The predicted octanol–water partition coefficient (Wildman–Crippen LogP) is 4.65. The van der Waals surface area contributed by atoms with Crippen molar-refractivity contribution < 1.29 is 0 Å². The minimum Gasteiger partial charge on any atom is -0.379 e. The van der Waals surface area contributed by atoms with Crippen LogP contribution in [0.15, 0.2) is 34.1 Å². The Kier molecular flexibility index (Phi) is 4.06. The van der Waals surface area contributed by atoms with E-state index in [9.17, 15) is 0 Å². The largest absolute Gasteiger partial charge is 0.379 e. The van der Waals surface area contributed by atoms with Gasteiger partial charge in [-0.3, -0.25) is 0 Å². The fourth-order valence-corrected chi connectivity index (χ4v) is 2.92. The van der Waals surface area contributed by atoms with E-state index in [0.717, 1.165) is 15.0 Å². The van der Waals surface area contributed by atoms with Gasteiger partial charge in [-0.2, -0.15) is 5.26 Å². The van der Waals surface area contributed by atoms with Crippen LogP contribution in [-0.2, 0) is 6.54 Å². The van der Waals surface area contributed by atoms with E-state index in [4.69, 9.17) is 16.9 Å². The molecule has 0 atom stereocenters. The van der Waals surface area contributed by atoms with Gasteiger partial charge in [-0.15, -0.1) is 11.3 Å². The number of benzene rings is 1. The lowest BCUT2D eigenvalue weighted by molar-refractivity contribution is 1.19. The number of thiophene rings is 1. The summed E-state index contributed by atoms with van der Waals surface area (Å²) in [6.07, 6.45) is 0. The fraction of sp³-hybridized carbons (Fsp3) is 0.0833. The normalized spacial score (nSPS) is 9.94. The summed E-state index contributed by atoms with van der Waals surface area (Å²) in [4.78, 5) is 1.13. The van der Waals surface area contributed by atoms with Crippen LogP contribution >= 0.6 is 38.9 Å². The Bertz CT molecular complexity index is 574.